The fraction of sp³-hybridized carbons (Fsp3) is 0.200. The van der Waals surface area contributed by atoms with Crippen LogP contribution in [0.5, 0.6) is 5.75 Å². The first kappa shape index (κ1) is 12.1. The Balaban J connectivity index is 3.10. The van der Waals surface area contributed by atoms with Crippen molar-refractivity contribution in [2.45, 2.75) is 6.92 Å². The molecule has 0 saturated heterocycles. The Morgan fingerprint density at radius 2 is 2.00 bits per heavy atom. The van der Waals surface area contributed by atoms with Gasteiger partial charge in [0, 0.05) is 0 Å². The summed E-state index contributed by atoms with van der Waals surface area (Å²) in [5.74, 6) is -6.51. The molecule has 1 aromatic rings. The van der Waals surface area contributed by atoms with Crippen LogP contribution >= 0.6 is 0 Å². The molecule has 1 rings (SSSR count). The molecule has 0 heterocycles. The molecule has 0 aliphatic rings. The summed E-state index contributed by atoms with van der Waals surface area (Å²) in [4.78, 5) is 22.2. The quantitative estimate of drug-likeness (QED) is 0.484. The number of carbonyl (C=O) groups is 2. The summed E-state index contributed by atoms with van der Waals surface area (Å²) in [6.07, 6.45) is 0. The van der Waals surface area contributed by atoms with Gasteiger partial charge in [-0.15, -0.1) is 0 Å². The second-order valence-corrected chi connectivity index (χ2v) is 2.81. The Morgan fingerprint density at radius 3 is 2.56 bits per heavy atom. The van der Waals surface area contributed by atoms with E-state index in [-0.39, 0.29) is 6.61 Å². The third-order valence-corrected chi connectivity index (χ3v) is 1.77. The van der Waals surface area contributed by atoms with E-state index < -0.39 is 34.7 Å². The molecule has 0 unspecified atom stereocenters. The van der Waals surface area contributed by atoms with Crippen molar-refractivity contribution in [3.8, 4) is 5.75 Å². The van der Waals surface area contributed by atoms with E-state index in [1.165, 1.54) is 6.92 Å². The molecule has 1 aromatic carbocycles. The number of hydrogen-bond donors (Lipinski definition) is 1. The summed E-state index contributed by atoms with van der Waals surface area (Å²) in [5.41, 5.74) is -0.725. The van der Waals surface area contributed by atoms with Crippen LogP contribution in [-0.2, 0) is 9.53 Å². The Hall–Kier alpha value is -1.98. The zero-order chi connectivity index (χ0) is 12.3. The number of rotatable bonds is 3. The molecule has 0 radical (unpaired) electrons. The Morgan fingerprint density at radius 1 is 1.38 bits per heavy atom. The predicted octanol–water partition coefficient (Wildman–Crippen LogP) is 1.42. The smallest absolute Gasteiger partial charge is 0.379 e. The van der Waals surface area contributed by atoms with Crippen LogP contribution in [0.1, 0.15) is 17.3 Å². The number of esters is 1. The first-order valence-electron chi connectivity index (χ1n) is 4.37. The maximum absolute atomic E-state index is 13.2. The summed E-state index contributed by atoms with van der Waals surface area (Å²) in [5, 5.41) is 8.89. The summed E-state index contributed by atoms with van der Waals surface area (Å²) < 4.78 is 30.2. The van der Waals surface area contributed by atoms with Crippen molar-refractivity contribution in [2.75, 3.05) is 6.61 Å². The van der Waals surface area contributed by atoms with Gasteiger partial charge in [0.05, 0.1) is 12.2 Å². The van der Waals surface area contributed by atoms with E-state index >= 15 is 0 Å². The fourth-order valence-electron chi connectivity index (χ4n) is 1.02. The highest BCUT2D eigenvalue weighted by Crippen LogP contribution is 2.23. The fourth-order valence-corrected chi connectivity index (χ4v) is 1.02. The summed E-state index contributed by atoms with van der Waals surface area (Å²) >= 11 is 0. The van der Waals surface area contributed by atoms with Gasteiger partial charge >= 0.3 is 5.97 Å². The molecule has 0 aliphatic heterocycles. The maximum atomic E-state index is 13.2. The Bertz CT molecular complexity index is 443. The molecule has 86 valence electrons. The summed E-state index contributed by atoms with van der Waals surface area (Å²) in [6, 6.07) is 1.45. The summed E-state index contributed by atoms with van der Waals surface area (Å²) in [7, 11) is 0. The van der Waals surface area contributed by atoms with E-state index in [0.29, 0.717) is 6.07 Å². The monoisotopic (exact) mass is 230 g/mol. The molecule has 0 fully saturated rings. The largest absolute Gasteiger partial charge is 0.503 e. The van der Waals surface area contributed by atoms with Crippen LogP contribution < -0.4 is 0 Å². The first-order valence-corrected chi connectivity index (χ1v) is 4.37. The number of phenols is 1. The molecule has 16 heavy (non-hydrogen) atoms. The van der Waals surface area contributed by atoms with E-state index in [9.17, 15) is 18.4 Å². The zero-order valence-electron chi connectivity index (χ0n) is 8.29. The standard InChI is InChI=1S/C10H8F2O4/c1-2-16-10(15)8(13)5-3-4-6(11)9(14)7(5)12/h3-4,14H,2H2,1H3. The molecule has 0 amide bonds. The van der Waals surface area contributed by atoms with Gasteiger partial charge in [-0.25, -0.2) is 13.6 Å². The number of ketones is 1. The molecule has 0 aliphatic carbocycles. The van der Waals surface area contributed by atoms with Gasteiger partial charge in [-0.2, -0.15) is 0 Å². The molecular weight excluding hydrogens is 222 g/mol. The second-order valence-electron chi connectivity index (χ2n) is 2.81. The number of Topliss-reactive ketones (excluding diaryl/α,β-unsaturated/α-hetero) is 1. The second kappa shape index (κ2) is 4.69. The zero-order valence-corrected chi connectivity index (χ0v) is 8.29. The average molecular weight is 230 g/mol. The molecule has 6 heteroatoms. The number of carbonyl (C=O) groups excluding carboxylic acids is 2. The Labute approximate surface area is 89.5 Å². The molecule has 0 bridgehead atoms. The first-order chi connectivity index (χ1) is 7.49. The van der Waals surface area contributed by atoms with Gasteiger partial charge < -0.3 is 9.84 Å². The lowest BCUT2D eigenvalue weighted by Gasteiger charge is -2.04. The van der Waals surface area contributed by atoms with Crippen LogP contribution in [0.15, 0.2) is 12.1 Å². The van der Waals surface area contributed by atoms with E-state index in [0.717, 1.165) is 6.07 Å². The highest BCUT2D eigenvalue weighted by atomic mass is 19.1. The molecule has 0 saturated carbocycles. The van der Waals surface area contributed by atoms with Gasteiger partial charge in [0.25, 0.3) is 5.78 Å². The minimum atomic E-state index is -1.47. The SMILES string of the molecule is CCOC(=O)C(=O)c1ccc(F)c(O)c1F. The normalized spacial score (nSPS) is 9.94. The van der Waals surface area contributed by atoms with E-state index in [2.05, 4.69) is 4.74 Å². The van der Waals surface area contributed by atoms with Crippen molar-refractivity contribution in [1.29, 1.82) is 0 Å². The van der Waals surface area contributed by atoms with E-state index in [4.69, 9.17) is 5.11 Å². The number of hydrogen-bond acceptors (Lipinski definition) is 4. The van der Waals surface area contributed by atoms with Gasteiger partial charge in [0.1, 0.15) is 0 Å². The van der Waals surface area contributed by atoms with Gasteiger partial charge in [-0.05, 0) is 19.1 Å². The van der Waals surface area contributed by atoms with Crippen LogP contribution in [0.2, 0.25) is 0 Å². The minimum absolute atomic E-state index is 0.0423. The minimum Gasteiger partial charge on any atom is -0.503 e. The highest BCUT2D eigenvalue weighted by Gasteiger charge is 2.24. The average Bonchev–Trinajstić information content (AvgIpc) is 2.26. The number of ether oxygens (including phenoxy) is 1. The van der Waals surface area contributed by atoms with Crippen molar-refractivity contribution in [2.24, 2.45) is 0 Å². The lowest BCUT2D eigenvalue weighted by Crippen LogP contribution is -2.18. The van der Waals surface area contributed by atoms with Crippen molar-refractivity contribution in [3.63, 3.8) is 0 Å². The van der Waals surface area contributed by atoms with Crippen molar-refractivity contribution in [3.05, 3.63) is 29.3 Å². The maximum Gasteiger partial charge on any atom is 0.379 e. The van der Waals surface area contributed by atoms with Gasteiger partial charge in [-0.1, -0.05) is 0 Å². The number of aromatic hydroxyl groups is 1. The lowest BCUT2D eigenvalue weighted by atomic mass is 10.1. The molecule has 1 N–H and O–H groups in total. The van der Waals surface area contributed by atoms with Crippen molar-refractivity contribution in [1.82, 2.24) is 0 Å². The van der Waals surface area contributed by atoms with Crippen LogP contribution in [0.4, 0.5) is 8.78 Å². The molecule has 0 spiro atoms. The third kappa shape index (κ3) is 2.16. The van der Waals surface area contributed by atoms with E-state index in [1.807, 2.05) is 0 Å². The highest BCUT2D eigenvalue weighted by molar-refractivity contribution is 6.40. The lowest BCUT2D eigenvalue weighted by molar-refractivity contribution is -0.137. The molecular formula is C10H8F2O4. The molecule has 4 nitrogen and oxygen atoms in total. The van der Waals surface area contributed by atoms with Crippen LogP contribution in [-0.4, -0.2) is 23.5 Å². The predicted molar refractivity (Wildman–Crippen MR) is 49.0 cm³/mol. The van der Waals surface area contributed by atoms with Crippen LogP contribution in [0.25, 0.3) is 0 Å². The summed E-state index contributed by atoms with van der Waals surface area (Å²) in [6.45, 7) is 1.43. The van der Waals surface area contributed by atoms with E-state index in [1.54, 1.807) is 0 Å². The number of phenolic OH excluding ortho intramolecular Hbond substituents is 1. The topological polar surface area (TPSA) is 63.6 Å². The number of halogens is 2. The van der Waals surface area contributed by atoms with Gasteiger partial charge in [0.15, 0.2) is 17.4 Å². The Kier molecular flexibility index (Phi) is 3.55. The van der Waals surface area contributed by atoms with Crippen molar-refractivity contribution < 1.29 is 28.2 Å². The third-order valence-electron chi connectivity index (χ3n) is 1.77. The molecule has 0 aromatic heterocycles. The van der Waals surface area contributed by atoms with Gasteiger partial charge in [0.2, 0.25) is 0 Å². The van der Waals surface area contributed by atoms with Crippen LogP contribution in [0.3, 0.4) is 0 Å². The van der Waals surface area contributed by atoms with Crippen LogP contribution in [0, 0.1) is 11.6 Å². The number of benzene rings is 1. The molecule has 0 atom stereocenters. The van der Waals surface area contributed by atoms with Crippen molar-refractivity contribution >= 4 is 11.8 Å². The van der Waals surface area contributed by atoms with Gasteiger partial charge in [-0.3, -0.25) is 4.79 Å².